The summed E-state index contributed by atoms with van der Waals surface area (Å²) in [5, 5.41) is 11.3. The molecule has 0 bridgehead atoms. The van der Waals surface area contributed by atoms with Crippen LogP contribution in [0.2, 0.25) is 0 Å². The van der Waals surface area contributed by atoms with E-state index in [4.69, 9.17) is 0 Å². The van der Waals surface area contributed by atoms with Crippen LogP contribution in [0.5, 0.6) is 0 Å². The number of aliphatic carboxylic acids is 1. The molecule has 7 heteroatoms. The van der Waals surface area contributed by atoms with Crippen LogP contribution < -0.4 is 4.90 Å². The first-order valence-electron chi connectivity index (χ1n) is 11.9. The van der Waals surface area contributed by atoms with Gasteiger partial charge in [0.15, 0.2) is 0 Å². The van der Waals surface area contributed by atoms with Crippen LogP contribution in [0.25, 0.3) is 10.8 Å². The van der Waals surface area contributed by atoms with E-state index >= 15 is 0 Å². The Morgan fingerprint density at radius 2 is 1.82 bits per heavy atom. The summed E-state index contributed by atoms with van der Waals surface area (Å²) >= 11 is 0. The van der Waals surface area contributed by atoms with E-state index in [0.717, 1.165) is 47.7 Å². The number of fused-ring (bicyclic) bond motifs is 2. The van der Waals surface area contributed by atoms with Crippen LogP contribution in [0.1, 0.15) is 37.8 Å². The van der Waals surface area contributed by atoms with Crippen molar-refractivity contribution in [3.8, 4) is 0 Å². The summed E-state index contributed by atoms with van der Waals surface area (Å²) in [6.07, 6.45) is 3.08. The lowest BCUT2D eigenvalue weighted by atomic mass is 10.0. The van der Waals surface area contributed by atoms with Gasteiger partial charge in [-0.25, -0.2) is 13.2 Å². The van der Waals surface area contributed by atoms with Gasteiger partial charge in [0.2, 0.25) is 10.0 Å². The first kappa shape index (κ1) is 24.2. The van der Waals surface area contributed by atoms with Crippen LogP contribution in [-0.4, -0.2) is 49.5 Å². The predicted molar refractivity (Wildman–Crippen MR) is 136 cm³/mol. The Morgan fingerprint density at radius 1 is 1.06 bits per heavy atom. The Kier molecular flexibility index (Phi) is 7.24. The zero-order chi connectivity index (χ0) is 24.3. The van der Waals surface area contributed by atoms with Crippen molar-refractivity contribution in [1.29, 1.82) is 0 Å². The van der Waals surface area contributed by atoms with E-state index in [1.807, 2.05) is 54.3 Å². The molecule has 180 valence electrons. The van der Waals surface area contributed by atoms with Crippen molar-refractivity contribution in [2.75, 3.05) is 24.5 Å². The third-order valence-electron chi connectivity index (χ3n) is 6.60. The highest BCUT2D eigenvalue weighted by Crippen LogP contribution is 2.31. The average molecular weight is 481 g/mol. The van der Waals surface area contributed by atoms with E-state index in [9.17, 15) is 18.3 Å². The molecule has 1 aliphatic rings. The number of aryl methyl sites for hydroxylation is 1. The van der Waals surface area contributed by atoms with Crippen molar-refractivity contribution in [3.63, 3.8) is 0 Å². The van der Waals surface area contributed by atoms with E-state index in [1.165, 1.54) is 5.56 Å². The van der Waals surface area contributed by atoms with Gasteiger partial charge in [0, 0.05) is 25.3 Å². The molecule has 4 rings (SSSR count). The number of carbonyl (C=O) groups is 1. The topological polar surface area (TPSA) is 77.9 Å². The highest BCUT2D eigenvalue weighted by Gasteiger charge is 2.28. The molecule has 1 heterocycles. The zero-order valence-electron chi connectivity index (χ0n) is 19.8. The van der Waals surface area contributed by atoms with Crippen LogP contribution >= 0.6 is 0 Å². The summed E-state index contributed by atoms with van der Waals surface area (Å²) < 4.78 is 28.4. The molecule has 0 fully saturated rings. The van der Waals surface area contributed by atoms with Gasteiger partial charge in [-0.2, -0.15) is 4.31 Å². The molecule has 1 N–H and O–H groups in total. The fraction of sp³-hybridized carbons (Fsp3) is 0.370. The molecule has 0 aromatic heterocycles. The van der Waals surface area contributed by atoms with Gasteiger partial charge in [-0.15, -0.1) is 0 Å². The minimum Gasteiger partial charge on any atom is -0.480 e. The molecule has 1 atom stereocenters. The van der Waals surface area contributed by atoms with Crippen LogP contribution in [0.15, 0.2) is 65.6 Å². The molecule has 0 amide bonds. The van der Waals surface area contributed by atoms with E-state index in [0.29, 0.717) is 24.5 Å². The molecule has 3 aromatic rings. The van der Waals surface area contributed by atoms with E-state index in [2.05, 4.69) is 6.07 Å². The van der Waals surface area contributed by atoms with Gasteiger partial charge < -0.3 is 10.0 Å². The van der Waals surface area contributed by atoms with Crippen molar-refractivity contribution in [2.45, 2.75) is 50.5 Å². The number of nitrogens with zero attached hydrogens (tertiary/aromatic N) is 2. The Balaban J connectivity index is 1.44. The molecule has 3 aromatic carbocycles. The molecule has 0 aliphatic carbocycles. The number of hydrogen-bond acceptors (Lipinski definition) is 4. The maximum absolute atomic E-state index is 13.4. The second-order valence-corrected chi connectivity index (χ2v) is 10.9. The third-order valence-corrected chi connectivity index (χ3v) is 8.50. The molecular formula is C27H32N2O4S. The van der Waals surface area contributed by atoms with E-state index in [1.54, 1.807) is 23.4 Å². The van der Waals surface area contributed by atoms with Crippen LogP contribution in [-0.2, 0) is 27.7 Å². The minimum atomic E-state index is -3.57. The molecule has 0 saturated heterocycles. The number of sulfonamides is 1. The summed E-state index contributed by atoms with van der Waals surface area (Å²) in [7, 11) is -3.57. The maximum atomic E-state index is 13.4. The summed E-state index contributed by atoms with van der Waals surface area (Å²) in [5.74, 6) is -0.819. The van der Waals surface area contributed by atoms with Crippen molar-refractivity contribution in [2.24, 2.45) is 0 Å². The number of carboxylic acid groups (broad SMARTS) is 1. The first-order valence-corrected chi connectivity index (χ1v) is 13.4. The quantitative estimate of drug-likeness (QED) is 0.455. The average Bonchev–Trinajstić information content (AvgIpc) is 3.25. The van der Waals surface area contributed by atoms with Gasteiger partial charge in [0.1, 0.15) is 6.04 Å². The normalized spacial score (nSPS) is 14.5. The monoisotopic (exact) mass is 480 g/mol. The van der Waals surface area contributed by atoms with Crippen LogP contribution in [0.4, 0.5) is 5.69 Å². The number of rotatable bonds is 10. The van der Waals surface area contributed by atoms with Gasteiger partial charge in [0.05, 0.1) is 4.90 Å². The largest absolute Gasteiger partial charge is 0.480 e. The molecule has 34 heavy (non-hydrogen) atoms. The summed E-state index contributed by atoms with van der Waals surface area (Å²) in [6, 6.07) is 18.7. The molecule has 1 aliphatic heterocycles. The molecule has 0 radical (unpaired) electrons. The van der Waals surface area contributed by atoms with Gasteiger partial charge in [-0.05, 0) is 72.7 Å². The van der Waals surface area contributed by atoms with Gasteiger partial charge in [0.25, 0.3) is 0 Å². The van der Waals surface area contributed by atoms with E-state index < -0.39 is 22.0 Å². The standard InChI is InChI=1S/C27H32N2O4S/c1-3-15-28(34(32,33)25-12-11-22-8-4-5-9-23(22)19-25)16-6-7-21-10-13-26-24(18-21)14-17-29(26)20(2)27(30)31/h4-5,8-13,18-20H,3,6-7,14-17H2,1-2H3,(H,30,31). The second kappa shape index (κ2) is 10.2. The first-order chi connectivity index (χ1) is 16.3. The van der Waals surface area contributed by atoms with Crippen molar-refractivity contribution >= 4 is 32.5 Å². The lowest BCUT2D eigenvalue weighted by molar-refractivity contribution is -0.138. The number of carboxylic acids is 1. The fourth-order valence-electron chi connectivity index (χ4n) is 4.71. The van der Waals surface area contributed by atoms with Crippen molar-refractivity contribution in [3.05, 3.63) is 71.8 Å². The van der Waals surface area contributed by atoms with Crippen LogP contribution in [0, 0.1) is 0 Å². The number of hydrogen-bond donors (Lipinski definition) is 1. The molecular weight excluding hydrogens is 448 g/mol. The zero-order valence-corrected chi connectivity index (χ0v) is 20.6. The van der Waals surface area contributed by atoms with Gasteiger partial charge in [-0.3, -0.25) is 0 Å². The van der Waals surface area contributed by atoms with E-state index in [-0.39, 0.29) is 0 Å². The third kappa shape index (κ3) is 4.95. The SMILES string of the molecule is CCCN(CCCc1ccc2c(c1)CCN2C(C)C(=O)O)S(=O)(=O)c1ccc2ccccc2c1. The predicted octanol–water partition coefficient (Wildman–Crippen LogP) is 4.71. The van der Waals surface area contributed by atoms with Crippen molar-refractivity contribution in [1.82, 2.24) is 4.31 Å². The van der Waals surface area contributed by atoms with Gasteiger partial charge in [-0.1, -0.05) is 49.4 Å². The summed E-state index contributed by atoms with van der Waals surface area (Å²) in [5.41, 5.74) is 3.31. The molecule has 0 spiro atoms. The van der Waals surface area contributed by atoms with Crippen molar-refractivity contribution < 1.29 is 18.3 Å². The summed E-state index contributed by atoms with van der Waals surface area (Å²) in [6.45, 7) is 5.36. The smallest absolute Gasteiger partial charge is 0.326 e. The number of anilines is 1. The molecule has 1 unspecified atom stereocenters. The lowest BCUT2D eigenvalue weighted by Gasteiger charge is -2.24. The molecule has 0 saturated carbocycles. The highest BCUT2D eigenvalue weighted by atomic mass is 32.2. The van der Waals surface area contributed by atoms with Crippen LogP contribution in [0.3, 0.4) is 0 Å². The lowest BCUT2D eigenvalue weighted by Crippen LogP contribution is -2.37. The second-order valence-electron chi connectivity index (χ2n) is 8.94. The summed E-state index contributed by atoms with van der Waals surface area (Å²) in [4.78, 5) is 13.6. The Hall–Kier alpha value is -2.90. The number of benzene rings is 3. The Morgan fingerprint density at radius 3 is 2.56 bits per heavy atom. The Labute approximate surface area is 201 Å². The van der Waals surface area contributed by atoms with Gasteiger partial charge >= 0.3 is 5.97 Å². The fourth-order valence-corrected chi connectivity index (χ4v) is 6.32. The minimum absolute atomic E-state index is 0.338. The maximum Gasteiger partial charge on any atom is 0.326 e. The molecule has 6 nitrogen and oxygen atoms in total. The highest BCUT2D eigenvalue weighted by molar-refractivity contribution is 7.89. The Bertz CT molecular complexity index is 1290.